The molecule has 0 spiro atoms. The fraction of sp³-hybridized carbons (Fsp3) is 0.154. The highest BCUT2D eigenvalue weighted by atomic mass is 19.1. The van der Waals surface area contributed by atoms with Gasteiger partial charge in [0.25, 0.3) is 0 Å². The summed E-state index contributed by atoms with van der Waals surface area (Å²) in [4.78, 5) is 10.7. The Morgan fingerprint density at radius 1 is 1.12 bits per heavy atom. The molecule has 0 saturated heterocycles. The van der Waals surface area contributed by atoms with Crippen molar-refractivity contribution in [3.8, 4) is 0 Å². The zero-order valence-corrected chi connectivity index (χ0v) is 8.71. The van der Waals surface area contributed by atoms with E-state index in [0.29, 0.717) is 10.8 Å². The monoisotopic (exact) mass is 220 g/mol. The summed E-state index contributed by atoms with van der Waals surface area (Å²) in [6.45, 7) is 1.17. The fourth-order valence-corrected chi connectivity index (χ4v) is 1.75. The van der Waals surface area contributed by atoms with Crippen molar-refractivity contribution in [3.05, 3.63) is 47.8 Å². The molecule has 0 radical (unpaired) electrons. The minimum atomic E-state index is -2.09. The van der Waals surface area contributed by atoms with Gasteiger partial charge in [-0.3, -0.25) is 4.79 Å². The van der Waals surface area contributed by atoms with Crippen LogP contribution in [-0.4, -0.2) is 6.29 Å². The van der Waals surface area contributed by atoms with Crippen molar-refractivity contribution in [2.45, 2.75) is 12.6 Å². The summed E-state index contributed by atoms with van der Waals surface area (Å²) in [5, 5.41) is 0.755. The zero-order valence-electron chi connectivity index (χ0n) is 8.71. The molecule has 16 heavy (non-hydrogen) atoms. The Hall–Kier alpha value is -1.77. The molecule has 0 heterocycles. The number of hydrogen-bond acceptors (Lipinski definition) is 1. The molecule has 0 aliphatic heterocycles. The number of hydrogen-bond donors (Lipinski definition) is 0. The maximum absolute atomic E-state index is 13.9. The lowest BCUT2D eigenvalue weighted by Crippen LogP contribution is -2.17. The van der Waals surface area contributed by atoms with Gasteiger partial charge in [-0.1, -0.05) is 30.3 Å². The summed E-state index contributed by atoms with van der Waals surface area (Å²) >= 11 is 0. The van der Waals surface area contributed by atoms with Gasteiger partial charge in [-0.05, 0) is 18.4 Å². The number of aldehydes is 1. The second-order valence-corrected chi connectivity index (χ2v) is 3.83. The second-order valence-electron chi connectivity index (χ2n) is 3.83. The zero-order chi connectivity index (χ0) is 11.8. The minimum absolute atomic E-state index is 0.194. The number of fused-ring (bicyclic) bond motifs is 1. The summed E-state index contributed by atoms with van der Waals surface area (Å²) in [6.07, 6.45) is 0.229. The predicted molar refractivity (Wildman–Crippen MR) is 58.4 cm³/mol. The summed E-state index contributed by atoms with van der Waals surface area (Å²) in [5.74, 6) is -0.416. The minimum Gasteiger partial charge on any atom is -0.299 e. The Balaban J connectivity index is 2.82. The van der Waals surface area contributed by atoms with E-state index in [1.54, 1.807) is 24.3 Å². The molecule has 2 aromatic rings. The van der Waals surface area contributed by atoms with Gasteiger partial charge < -0.3 is 0 Å². The lowest BCUT2D eigenvalue weighted by molar-refractivity contribution is -0.117. The number of benzene rings is 2. The van der Waals surface area contributed by atoms with Crippen LogP contribution in [0.4, 0.5) is 8.78 Å². The van der Waals surface area contributed by atoms with Crippen molar-refractivity contribution in [2.75, 3.05) is 0 Å². The molecular weight excluding hydrogens is 210 g/mol. The average Bonchev–Trinajstić information content (AvgIpc) is 2.29. The molecule has 0 fully saturated rings. The van der Waals surface area contributed by atoms with E-state index in [4.69, 9.17) is 0 Å². The van der Waals surface area contributed by atoms with Crippen molar-refractivity contribution in [2.24, 2.45) is 0 Å². The average molecular weight is 220 g/mol. The number of alkyl halides is 1. The Bertz CT molecular complexity index is 547. The molecule has 1 atom stereocenters. The third-order valence-electron chi connectivity index (χ3n) is 2.62. The summed E-state index contributed by atoms with van der Waals surface area (Å²) < 4.78 is 27.4. The maximum Gasteiger partial charge on any atom is 0.188 e. The second kappa shape index (κ2) is 3.67. The van der Waals surface area contributed by atoms with Gasteiger partial charge in [0.2, 0.25) is 0 Å². The lowest BCUT2D eigenvalue weighted by Gasteiger charge is -2.16. The van der Waals surface area contributed by atoms with E-state index >= 15 is 0 Å². The highest BCUT2D eigenvalue weighted by molar-refractivity contribution is 5.89. The van der Waals surface area contributed by atoms with Crippen molar-refractivity contribution in [1.29, 1.82) is 0 Å². The fourth-order valence-electron chi connectivity index (χ4n) is 1.75. The van der Waals surface area contributed by atoms with Crippen LogP contribution in [0, 0.1) is 5.82 Å². The van der Waals surface area contributed by atoms with Gasteiger partial charge in [0, 0.05) is 10.9 Å². The first kappa shape index (κ1) is 10.7. The summed E-state index contributed by atoms with van der Waals surface area (Å²) in [5.41, 5.74) is -1.90. The number of rotatable bonds is 2. The molecule has 1 unspecified atom stereocenters. The Morgan fingerprint density at radius 3 is 2.38 bits per heavy atom. The molecule has 2 aromatic carbocycles. The predicted octanol–water partition coefficient (Wildman–Crippen LogP) is 3.36. The van der Waals surface area contributed by atoms with Crippen LogP contribution >= 0.6 is 0 Å². The maximum atomic E-state index is 13.9. The van der Waals surface area contributed by atoms with Crippen molar-refractivity contribution < 1.29 is 13.6 Å². The van der Waals surface area contributed by atoms with Crippen LogP contribution in [0.2, 0.25) is 0 Å². The highest BCUT2D eigenvalue weighted by Gasteiger charge is 2.27. The van der Waals surface area contributed by atoms with Crippen LogP contribution in [0.3, 0.4) is 0 Å². The Morgan fingerprint density at radius 2 is 1.75 bits per heavy atom. The molecule has 0 aliphatic carbocycles. The van der Waals surface area contributed by atoms with Gasteiger partial charge in [-0.15, -0.1) is 0 Å². The van der Waals surface area contributed by atoms with Crippen molar-refractivity contribution in [3.63, 3.8) is 0 Å². The van der Waals surface area contributed by atoms with Crippen molar-refractivity contribution in [1.82, 2.24) is 0 Å². The van der Waals surface area contributed by atoms with E-state index in [-0.39, 0.29) is 11.8 Å². The molecule has 2 rings (SSSR count). The number of carbonyl (C=O) groups excluding carboxylic acids is 1. The lowest BCUT2D eigenvalue weighted by atomic mass is 9.93. The van der Waals surface area contributed by atoms with E-state index < -0.39 is 11.5 Å². The van der Waals surface area contributed by atoms with Gasteiger partial charge in [-0.25, -0.2) is 8.78 Å². The van der Waals surface area contributed by atoms with Crippen LogP contribution in [-0.2, 0) is 10.5 Å². The third kappa shape index (κ3) is 1.58. The summed E-state index contributed by atoms with van der Waals surface area (Å²) in [7, 11) is 0. The molecule has 82 valence electrons. The number of halogens is 2. The Labute approximate surface area is 91.7 Å². The van der Waals surface area contributed by atoms with Gasteiger partial charge in [0.05, 0.1) is 0 Å². The normalized spacial score (nSPS) is 14.7. The first-order chi connectivity index (χ1) is 7.56. The molecule has 0 N–H and O–H groups in total. The first-order valence-electron chi connectivity index (χ1n) is 4.89. The quantitative estimate of drug-likeness (QED) is 0.709. The standard InChI is InChI=1S/C13H10F2O/c1-13(15,8-16)11-6-7-12(14)10-5-3-2-4-9(10)11/h2-8H,1H3. The largest absolute Gasteiger partial charge is 0.299 e. The van der Waals surface area contributed by atoms with Crippen LogP contribution < -0.4 is 0 Å². The molecular formula is C13H10F2O. The molecule has 3 heteroatoms. The van der Waals surface area contributed by atoms with Gasteiger partial charge in [0.15, 0.2) is 12.0 Å². The van der Waals surface area contributed by atoms with Gasteiger partial charge >= 0.3 is 0 Å². The SMILES string of the molecule is CC(F)(C=O)c1ccc(F)c2ccccc12. The van der Waals surface area contributed by atoms with Crippen LogP contribution in [0.1, 0.15) is 12.5 Å². The van der Waals surface area contributed by atoms with E-state index in [1.807, 2.05) is 0 Å². The highest BCUT2D eigenvalue weighted by Crippen LogP contribution is 2.31. The smallest absolute Gasteiger partial charge is 0.188 e. The van der Waals surface area contributed by atoms with E-state index in [9.17, 15) is 13.6 Å². The summed E-state index contributed by atoms with van der Waals surface area (Å²) in [6, 6.07) is 9.02. The van der Waals surface area contributed by atoms with Crippen LogP contribution in [0.25, 0.3) is 10.8 Å². The van der Waals surface area contributed by atoms with Gasteiger partial charge in [-0.2, -0.15) is 0 Å². The molecule has 1 nitrogen and oxygen atoms in total. The molecule has 0 aliphatic rings. The first-order valence-corrected chi connectivity index (χ1v) is 4.89. The molecule has 0 amide bonds. The third-order valence-corrected chi connectivity index (χ3v) is 2.62. The Kier molecular flexibility index (Phi) is 2.46. The molecule has 0 saturated carbocycles. The van der Waals surface area contributed by atoms with Crippen LogP contribution in [0.15, 0.2) is 36.4 Å². The topological polar surface area (TPSA) is 17.1 Å². The van der Waals surface area contributed by atoms with Crippen LogP contribution in [0.5, 0.6) is 0 Å². The molecule has 0 bridgehead atoms. The number of carbonyl (C=O) groups is 1. The molecule has 0 aromatic heterocycles. The van der Waals surface area contributed by atoms with Gasteiger partial charge in [0.1, 0.15) is 5.82 Å². The van der Waals surface area contributed by atoms with E-state index in [0.717, 1.165) is 0 Å². The van der Waals surface area contributed by atoms with E-state index in [2.05, 4.69) is 0 Å². The van der Waals surface area contributed by atoms with Crippen molar-refractivity contribution >= 4 is 17.1 Å². The van der Waals surface area contributed by atoms with E-state index in [1.165, 1.54) is 19.1 Å².